The third kappa shape index (κ3) is 3.99. The molecule has 206 valence electrons. The normalized spacial score (nSPS) is 29.5. The van der Waals surface area contributed by atoms with Crippen LogP contribution in [0.5, 0.6) is 0 Å². The lowest BCUT2D eigenvalue weighted by molar-refractivity contribution is -0.222. The van der Waals surface area contributed by atoms with Gasteiger partial charge in [0.15, 0.2) is 22.5 Å². The molecular formula is C27H28F2N4O5S. The standard InChI is InChI=1S/C27H28F2N4O5S/c1-3-38-26(36)21-17(10-33-18-8-14(9-20(34)35)27(18)12-37-11-19(27)33)31-24(25-30-6-7-39-25)32-23(21)15-4-5-16(28)22(29)13(15)2/h4-7,14,18-19,23H,3,8-12H2,1-2H3,(H,31,32)(H,34,35). The van der Waals surface area contributed by atoms with Crippen LogP contribution in [0, 0.1) is 29.9 Å². The summed E-state index contributed by atoms with van der Waals surface area (Å²) in [4.78, 5) is 36.2. The number of halogens is 2. The summed E-state index contributed by atoms with van der Waals surface area (Å²) in [5.41, 5.74) is 0.999. The van der Waals surface area contributed by atoms with Crippen LogP contribution >= 0.6 is 11.3 Å². The van der Waals surface area contributed by atoms with Crippen molar-refractivity contribution in [3.8, 4) is 0 Å². The number of nitrogens with one attached hydrogen (secondary N) is 1. The fraction of sp³-hybridized carbons (Fsp3) is 0.481. The first-order valence-corrected chi connectivity index (χ1v) is 13.8. The van der Waals surface area contributed by atoms with E-state index in [0.29, 0.717) is 41.9 Å². The van der Waals surface area contributed by atoms with Crippen LogP contribution in [0.1, 0.15) is 41.9 Å². The molecule has 1 aromatic carbocycles. The summed E-state index contributed by atoms with van der Waals surface area (Å²) in [5, 5.41) is 15.1. The highest BCUT2D eigenvalue weighted by molar-refractivity contribution is 7.11. The molecule has 9 nitrogen and oxygen atoms in total. The molecule has 4 aliphatic rings. The number of esters is 1. The molecule has 5 atom stereocenters. The second-order valence-corrected chi connectivity index (χ2v) is 11.3. The van der Waals surface area contributed by atoms with Crippen molar-refractivity contribution in [3.63, 3.8) is 0 Å². The number of carboxylic acids is 1. The molecule has 39 heavy (non-hydrogen) atoms. The summed E-state index contributed by atoms with van der Waals surface area (Å²) >= 11 is 1.36. The summed E-state index contributed by atoms with van der Waals surface area (Å²) in [6.07, 6.45) is 2.48. The van der Waals surface area contributed by atoms with Gasteiger partial charge in [-0.05, 0) is 43.4 Å². The van der Waals surface area contributed by atoms with Gasteiger partial charge in [-0.2, -0.15) is 0 Å². The van der Waals surface area contributed by atoms with Crippen molar-refractivity contribution in [3.05, 3.63) is 62.7 Å². The minimum absolute atomic E-state index is 0.0176. The van der Waals surface area contributed by atoms with Crippen molar-refractivity contribution in [1.82, 2.24) is 15.2 Å². The van der Waals surface area contributed by atoms with Gasteiger partial charge in [-0.3, -0.25) is 14.7 Å². The molecular weight excluding hydrogens is 530 g/mol. The van der Waals surface area contributed by atoms with Crippen LogP contribution in [0.15, 0.2) is 40.0 Å². The monoisotopic (exact) mass is 558 g/mol. The highest BCUT2D eigenvalue weighted by atomic mass is 32.1. The Balaban J connectivity index is 1.41. The molecule has 0 amide bonds. The number of carboxylic acid groups (broad SMARTS) is 1. The fourth-order valence-electron chi connectivity index (χ4n) is 6.80. The number of hydrogen-bond donors (Lipinski definition) is 2. The quantitative estimate of drug-likeness (QED) is 0.475. The maximum absolute atomic E-state index is 14.7. The number of rotatable bonds is 8. The number of aliphatic carboxylic acids is 1. The third-order valence-electron chi connectivity index (χ3n) is 8.63. The molecule has 3 fully saturated rings. The lowest BCUT2D eigenvalue weighted by atomic mass is 9.46. The molecule has 0 bridgehead atoms. The largest absolute Gasteiger partial charge is 0.481 e. The zero-order valence-electron chi connectivity index (χ0n) is 21.4. The Morgan fingerprint density at radius 2 is 2.15 bits per heavy atom. The predicted octanol–water partition coefficient (Wildman–Crippen LogP) is 3.20. The topological polar surface area (TPSA) is 113 Å². The van der Waals surface area contributed by atoms with E-state index >= 15 is 0 Å². The highest BCUT2D eigenvalue weighted by Gasteiger charge is 2.73. The van der Waals surface area contributed by atoms with Gasteiger partial charge in [0, 0.05) is 47.7 Å². The molecule has 2 N–H and O–H groups in total. The molecule has 1 saturated carbocycles. The van der Waals surface area contributed by atoms with Gasteiger partial charge in [0.05, 0.1) is 25.4 Å². The summed E-state index contributed by atoms with van der Waals surface area (Å²) in [6.45, 7) is 4.63. The van der Waals surface area contributed by atoms with Gasteiger partial charge in [0.1, 0.15) is 6.04 Å². The van der Waals surface area contributed by atoms with Crippen LogP contribution in [0.3, 0.4) is 0 Å². The molecule has 6 rings (SSSR count). The molecule has 4 heterocycles. The number of piperidine rings is 1. The molecule has 1 spiro atoms. The van der Waals surface area contributed by atoms with Crippen LogP contribution in [0.25, 0.3) is 0 Å². The SMILES string of the molecule is CCOC(=O)C1=C(CN2C3COCC34C(CC(=O)O)CC24)NC(c2nccs2)=NC1c1ccc(F)c(F)c1C. The summed E-state index contributed by atoms with van der Waals surface area (Å²) < 4.78 is 40.0. The number of aliphatic imine (C=N–C) groups is 1. The van der Waals surface area contributed by atoms with Crippen LogP contribution < -0.4 is 5.32 Å². The van der Waals surface area contributed by atoms with E-state index in [1.165, 1.54) is 24.3 Å². The first kappa shape index (κ1) is 26.0. The number of amidine groups is 1. The molecule has 0 radical (unpaired) electrons. The average Bonchev–Trinajstić information content (AvgIpc) is 3.59. The van der Waals surface area contributed by atoms with Gasteiger partial charge in [-0.25, -0.2) is 18.6 Å². The molecule has 5 unspecified atom stereocenters. The number of carbonyl (C=O) groups excluding carboxylic acids is 1. The summed E-state index contributed by atoms with van der Waals surface area (Å²) in [7, 11) is 0. The molecule has 2 aromatic rings. The maximum atomic E-state index is 14.7. The van der Waals surface area contributed by atoms with Gasteiger partial charge in [-0.15, -0.1) is 11.3 Å². The van der Waals surface area contributed by atoms with Crippen LogP contribution in [0.4, 0.5) is 8.78 Å². The molecule has 2 saturated heterocycles. The van der Waals surface area contributed by atoms with Crippen molar-refractivity contribution in [2.24, 2.45) is 16.3 Å². The lowest BCUT2D eigenvalue weighted by Crippen LogP contribution is -2.80. The third-order valence-corrected chi connectivity index (χ3v) is 9.41. The first-order valence-electron chi connectivity index (χ1n) is 12.9. The second-order valence-electron chi connectivity index (χ2n) is 10.4. The van der Waals surface area contributed by atoms with Gasteiger partial charge in [0.25, 0.3) is 0 Å². The fourth-order valence-corrected chi connectivity index (χ4v) is 7.39. The first-order chi connectivity index (χ1) is 18.8. The van der Waals surface area contributed by atoms with E-state index in [4.69, 9.17) is 14.5 Å². The van der Waals surface area contributed by atoms with Crippen molar-refractivity contribution in [2.75, 3.05) is 26.4 Å². The Kier molecular flexibility index (Phi) is 6.51. The van der Waals surface area contributed by atoms with E-state index in [1.54, 1.807) is 18.5 Å². The van der Waals surface area contributed by atoms with Crippen molar-refractivity contribution < 1.29 is 33.0 Å². The Morgan fingerprint density at radius 1 is 1.33 bits per heavy atom. The lowest BCUT2D eigenvalue weighted by Gasteiger charge is -2.71. The smallest absolute Gasteiger partial charge is 0.338 e. The minimum Gasteiger partial charge on any atom is -0.481 e. The molecule has 3 aliphatic heterocycles. The Hall–Kier alpha value is -3.22. The zero-order valence-corrected chi connectivity index (χ0v) is 22.3. The van der Waals surface area contributed by atoms with E-state index in [1.807, 2.05) is 0 Å². The highest BCUT2D eigenvalue weighted by Crippen LogP contribution is 2.65. The number of benzene rings is 1. The number of ether oxygens (including phenoxy) is 2. The number of likely N-dealkylation sites (tertiary alicyclic amines) is 1. The number of nitrogens with zero attached hydrogens (tertiary/aromatic N) is 3. The number of aromatic nitrogens is 1. The van der Waals surface area contributed by atoms with Gasteiger partial charge in [-0.1, -0.05) is 6.07 Å². The average molecular weight is 559 g/mol. The molecule has 1 aliphatic carbocycles. The van der Waals surface area contributed by atoms with Crippen molar-refractivity contribution in [1.29, 1.82) is 0 Å². The van der Waals surface area contributed by atoms with Crippen molar-refractivity contribution >= 4 is 29.1 Å². The molecule has 12 heteroatoms. The van der Waals surface area contributed by atoms with Crippen LogP contribution in [-0.4, -0.2) is 71.2 Å². The predicted molar refractivity (Wildman–Crippen MR) is 137 cm³/mol. The van der Waals surface area contributed by atoms with E-state index < -0.39 is 29.6 Å². The Bertz CT molecular complexity index is 1400. The van der Waals surface area contributed by atoms with Gasteiger partial charge >= 0.3 is 11.9 Å². The van der Waals surface area contributed by atoms with E-state index in [-0.39, 0.29) is 47.6 Å². The van der Waals surface area contributed by atoms with Crippen molar-refractivity contribution in [2.45, 2.75) is 44.8 Å². The van der Waals surface area contributed by atoms with Crippen LogP contribution in [-0.2, 0) is 19.1 Å². The maximum Gasteiger partial charge on any atom is 0.338 e. The number of hydrogen-bond acceptors (Lipinski definition) is 9. The summed E-state index contributed by atoms with van der Waals surface area (Å²) in [6, 6.07) is 1.69. The Morgan fingerprint density at radius 3 is 2.87 bits per heavy atom. The zero-order chi connectivity index (χ0) is 27.5. The minimum atomic E-state index is -0.989. The van der Waals surface area contributed by atoms with Gasteiger partial charge < -0.3 is 19.9 Å². The number of thiazole rings is 1. The van der Waals surface area contributed by atoms with E-state index in [0.717, 1.165) is 12.5 Å². The summed E-state index contributed by atoms with van der Waals surface area (Å²) in [5.74, 6) is -2.90. The van der Waals surface area contributed by atoms with E-state index in [9.17, 15) is 23.5 Å². The van der Waals surface area contributed by atoms with E-state index in [2.05, 4.69) is 15.2 Å². The Labute approximate surface area is 227 Å². The van der Waals surface area contributed by atoms with Crippen LogP contribution in [0.2, 0.25) is 0 Å². The van der Waals surface area contributed by atoms with Gasteiger partial charge in [0.2, 0.25) is 0 Å². The molecule has 1 aromatic heterocycles. The second kappa shape index (κ2) is 9.76. The number of carbonyl (C=O) groups is 2.